The van der Waals surface area contributed by atoms with Crippen molar-refractivity contribution in [1.82, 2.24) is 10.7 Å². The lowest BCUT2D eigenvalue weighted by Gasteiger charge is -2.09. The Kier molecular flexibility index (Phi) is 8.29. The molecule has 160 valence electrons. The Morgan fingerprint density at radius 1 is 0.875 bits per heavy atom. The number of carbonyl (C=O) groups is 2. The van der Waals surface area contributed by atoms with Crippen LogP contribution in [0.3, 0.4) is 0 Å². The Bertz CT molecular complexity index is 1170. The van der Waals surface area contributed by atoms with E-state index in [0.717, 1.165) is 21.2 Å². The zero-order valence-electron chi connectivity index (χ0n) is 17.5. The summed E-state index contributed by atoms with van der Waals surface area (Å²) in [7, 11) is 0. The van der Waals surface area contributed by atoms with Gasteiger partial charge in [-0.3, -0.25) is 9.59 Å². The fourth-order valence-electron chi connectivity index (χ4n) is 2.84. The molecule has 0 atom stereocenters. The fourth-order valence-corrected chi connectivity index (χ4v) is 3.25. The van der Waals surface area contributed by atoms with Crippen LogP contribution < -0.4 is 10.7 Å². The van der Waals surface area contributed by atoms with E-state index >= 15 is 0 Å². The Balaban J connectivity index is 1.81. The van der Waals surface area contributed by atoms with Crippen molar-refractivity contribution in [3.8, 4) is 0 Å². The average Bonchev–Trinajstić information content (AvgIpc) is 2.80. The van der Waals surface area contributed by atoms with Gasteiger partial charge in [-0.2, -0.15) is 5.10 Å². The van der Waals surface area contributed by atoms with Gasteiger partial charge in [-0.05, 0) is 54.0 Å². The molecular weight excluding hydrogens is 466 g/mol. The molecule has 0 aliphatic carbocycles. The van der Waals surface area contributed by atoms with E-state index in [1.807, 2.05) is 73.7 Å². The van der Waals surface area contributed by atoms with Gasteiger partial charge in [-0.1, -0.05) is 82.7 Å². The Morgan fingerprint density at radius 2 is 1.53 bits per heavy atom. The molecule has 6 heteroatoms. The number of hydrogen-bond donors (Lipinski definition) is 2. The monoisotopic (exact) mass is 487 g/mol. The van der Waals surface area contributed by atoms with Gasteiger partial charge in [-0.15, -0.1) is 0 Å². The van der Waals surface area contributed by atoms with E-state index in [1.165, 1.54) is 6.21 Å². The van der Waals surface area contributed by atoms with E-state index in [1.54, 1.807) is 30.3 Å². The van der Waals surface area contributed by atoms with Crippen LogP contribution in [-0.2, 0) is 4.79 Å². The zero-order chi connectivity index (χ0) is 22.8. The van der Waals surface area contributed by atoms with Crippen molar-refractivity contribution in [3.63, 3.8) is 0 Å². The summed E-state index contributed by atoms with van der Waals surface area (Å²) in [4.78, 5) is 25.4. The predicted octanol–water partition coefficient (Wildman–Crippen LogP) is 5.32. The summed E-state index contributed by atoms with van der Waals surface area (Å²) in [5.41, 5.74) is 5.63. The topological polar surface area (TPSA) is 70.6 Å². The molecule has 0 heterocycles. The van der Waals surface area contributed by atoms with Gasteiger partial charge in [0, 0.05) is 10.0 Å². The Hall–Kier alpha value is -3.77. The van der Waals surface area contributed by atoms with Crippen molar-refractivity contribution in [2.24, 2.45) is 5.10 Å². The second-order valence-electron chi connectivity index (χ2n) is 6.93. The highest BCUT2D eigenvalue weighted by molar-refractivity contribution is 9.10. The first-order chi connectivity index (χ1) is 15.5. The third kappa shape index (κ3) is 7.18. The molecule has 0 aromatic heterocycles. The molecule has 2 amide bonds. The number of benzene rings is 3. The van der Waals surface area contributed by atoms with Crippen LogP contribution in [0.5, 0.6) is 0 Å². The zero-order valence-corrected chi connectivity index (χ0v) is 19.0. The summed E-state index contributed by atoms with van der Waals surface area (Å²) in [6.45, 7) is 1.86. The smallest absolute Gasteiger partial charge is 0.287 e. The molecule has 0 unspecified atom stereocenters. The summed E-state index contributed by atoms with van der Waals surface area (Å²) >= 11 is 3.40. The Morgan fingerprint density at radius 3 is 2.22 bits per heavy atom. The van der Waals surface area contributed by atoms with Gasteiger partial charge >= 0.3 is 0 Å². The third-order valence-corrected chi connectivity index (χ3v) is 4.82. The maximum absolute atomic E-state index is 12.8. The summed E-state index contributed by atoms with van der Waals surface area (Å²) in [6.07, 6.45) is 5.08. The van der Waals surface area contributed by atoms with Crippen molar-refractivity contribution in [2.75, 3.05) is 0 Å². The summed E-state index contributed by atoms with van der Waals surface area (Å²) in [5.74, 6) is -0.906. The van der Waals surface area contributed by atoms with Crippen molar-refractivity contribution >= 4 is 40.0 Å². The highest BCUT2D eigenvalue weighted by Crippen LogP contribution is 2.11. The highest BCUT2D eigenvalue weighted by Gasteiger charge is 2.14. The third-order valence-electron chi connectivity index (χ3n) is 4.32. The first-order valence-electron chi connectivity index (χ1n) is 9.92. The Labute approximate surface area is 195 Å². The molecule has 0 fully saturated rings. The lowest BCUT2D eigenvalue weighted by molar-refractivity contribution is -0.117. The number of amides is 2. The van der Waals surface area contributed by atoms with Crippen LogP contribution in [0.1, 0.15) is 28.4 Å². The molecule has 0 bridgehead atoms. The predicted molar refractivity (Wildman–Crippen MR) is 132 cm³/mol. The summed E-state index contributed by atoms with van der Waals surface area (Å²) in [6, 6.07) is 26.0. The van der Waals surface area contributed by atoms with Crippen molar-refractivity contribution in [1.29, 1.82) is 0 Å². The number of hydrogen-bond acceptors (Lipinski definition) is 3. The van der Waals surface area contributed by atoms with Crippen LogP contribution in [0.4, 0.5) is 0 Å². The number of carbonyl (C=O) groups excluding carboxylic acids is 2. The highest BCUT2D eigenvalue weighted by atomic mass is 79.9. The molecule has 3 aromatic carbocycles. The standard InChI is InChI=1S/C26H22BrN3O2/c1-19(15-20-9-4-2-5-10-20)16-24(29-25(31)22-12-6-3-7-13-22)26(32)30-28-18-21-11-8-14-23(27)17-21/h2-18H,1H3,(H,29,31)(H,30,32). The minimum atomic E-state index is -0.527. The molecule has 0 radical (unpaired) electrons. The van der Waals surface area contributed by atoms with E-state index in [9.17, 15) is 9.59 Å². The van der Waals surface area contributed by atoms with E-state index in [4.69, 9.17) is 0 Å². The molecule has 32 heavy (non-hydrogen) atoms. The molecule has 0 aliphatic heterocycles. The SMILES string of the molecule is CC(=Cc1ccccc1)C=C(NC(=O)c1ccccc1)C(=O)NN=Cc1cccc(Br)c1. The first kappa shape index (κ1) is 22.9. The summed E-state index contributed by atoms with van der Waals surface area (Å²) < 4.78 is 0.908. The van der Waals surface area contributed by atoms with Crippen LogP contribution in [0.25, 0.3) is 6.08 Å². The number of allylic oxidation sites excluding steroid dienone is 2. The van der Waals surface area contributed by atoms with Crippen molar-refractivity contribution in [3.05, 3.63) is 123 Å². The first-order valence-corrected chi connectivity index (χ1v) is 10.7. The number of halogens is 1. The quantitative estimate of drug-likeness (QED) is 0.205. The normalized spacial score (nSPS) is 11.9. The van der Waals surface area contributed by atoms with Crippen molar-refractivity contribution < 1.29 is 9.59 Å². The van der Waals surface area contributed by atoms with Gasteiger partial charge in [0.2, 0.25) is 0 Å². The van der Waals surface area contributed by atoms with Gasteiger partial charge in [0.25, 0.3) is 11.8 Å². The maximum atomic E-state index is 12.8. The second-order valence-corrected chi connectivity index (χ2v) is 7.85. The molecule has 3 aromatic rings. The van der Waals surface area contributed by atoms with Crippen LogP contribution in [0.2, 0.25) is 0 Å². The van der Waals surface area contributed by atoms with Crippen LogP contribution >= 0.6 is 15.9 Å². The summed E-state index contributed by atoms with van der Waals surface area (Å²) in [5, 5.41) is 6.71. The average molecular weight is 488 g/mol. The van der Waals surface area contributed by atoms with Gasteiger partial charge < -0.3 is 5.32 Å². The van der Waals surface area contributed by atoms with E-state index in [2.05, 4.69) is 31.8 Å². The molecular formula is C26H22BrN3O2. The minimum absolute atomic E-state index is 0.0925. The van der Waals surface area contributed by atoms with Crippen LogP contribution in [-0.4, -0.2) is 18.0 Å². The second kappa shape index (κ2) is 11.6. The van der Waals surface area contributed by atoms with Crippen molar-refractivity contribution in [2.45, 2.75) is 6.92 Å². The largest absolute Gasteiger partial charge is 0.317 e. The van der Waals surface area contributed by atoms with Gasteiger partial charge in [0.15, 0.2) is 0 Å². The van der Waals surface area contributed by atoms with E-state index < -0.39 is 5.91 Å². The minimum Gasteiger partial charge on any atom is -0.317 e. The molecule has 0 spiro atoms. The molecule has 5 nitrogen and oxygen atoms in total. The van der Waals surface area contributed by atoms with Gasteiger partial charge in [-0.25, -0.2) is 5.43 Å². The molecule has 2 N–H and O–H groups in total. The lowest BCUT2D eigenvalue weighted by atomic mass is 10.1. The van der Waals surface area contributed by atoms with E-state index in [0.29, 0.717) is 5.56 Å². The maximum Gasteiger partial charge on any atom is 0.287 e. The molecule has 0 saturated carbocycles. The number of nitrogens with zero attached hydrogens (tertiary/aromatic N) is 1. The lowest BCUT2D eigenvalue weighted by Crippen LogP contribution is -2.33. The fraction of sp³-hybridized carbons (Fsp3) is 0.0385. The molecule has 0 saturated heterocycles. The number of nitrogens with one attached hydrogen (secondary N) is 2. The van der Waals surface area contributed by atoms with Crippen LogP contribution in [0.15, 0.2) is 112 Å². The van der Waals surface area contributed by atoms with Gasteiger partial charge in [0.1, 0.15) is 5.70 Å². The van der Waals surface area contributed by atoms with Gasteiger partial charge in [0.05, 0.1) is 6.21 Å². The number of hydrazone groups is 1. The van der Waals surface area contributed by atoms with Crippen LogP contribution in [0, 0.1) is 0 Å². The molecule has 3 rings (SSSR count). The number of rotatable bonds is 7. The molecule has 0 aliphatic rings. The van der Waals surface area contributed by atoms with E-state index in [-0.39, 0.29) is 11.6 Å².